The lowest BCUT2D eigenvalue weighted by Gasteiger charge is -2.28. The molecular weight excluding hydrogens is 378 g/mol. The van der Waals surface area contributed by atoms with Crippen molar-refractivity contribution in [2.75, 3.05) is 27.7 Å². The number of likely N-dealkylation sites (N-methyl/N-ethyl adjacent to an activating group) is 1. The number of carboxylic acid groups (broad SMARTS) is 1. The van der Waals surface area contributed by atoms with Crippen LogP contribution < -0.4 is 0 Å². The third-order valence-electron chi connectivity index (χ3n) is 5.76. The molecular formula is C25H50NO4+. The van der Waals surface area contributed by atoms with Crippen molar-refractivity contribution in [1.29, 1.82) is 0 Å². The lowest BCUT2D eigenvalue weighted by Crippen LogP contribution is -2.47. The Labute approximate surface area is 185 Å². The molecule has 0 aromatic heterocycles. The Hall–Kier alpha value is -0.940. The van der Waals surface area contributed by atoms with Gasteiger partial charge in [0.1, 0.15) is 24.3 Å². The molecule has 0 aromatic carbocycles. The van der Waals surface area contributed by atoms with Crippen LogP contribution in [-0.2, 0) is 9.59 Å². The Morgan fingerprint density at radius 3 is 1.40 bits per heavy atom. The standard InChI is InChI=1S/C25H49NO4/c1-5-6-7-8-9-10-11-12-13-14-15-16-17-18-19-20-22(27)24(25(29)30)23(28)21-26(2,3)4/h23-24,28H,5-21H2,1-4H3/p+1. The average molecular weight is 429 g/mol. The Morgan fingerprint density at radius 2 is 1.07 bits per heavy atom. The molecule has 0 amide bonds. The van der Waals surface area contributed by atoms with Gasteiger partial charge in [-0.1, -0.05) is 96.8 Å². The topological polar surface area (TPSA) is 74.6 Å². The van der Waals surface area contributed by atoms with Crippen molar-refractivity contribution in [2.45, 2.75) is 116 Å². The molecule has 5 heteroatoms. The number of nitrogens with zero attached hydrogens (tertiary/aromatic N) is 1. The zero-order chi connectivity index (χ0) is 22.8. The van der Waals surface area contributed by atoms with E-state index in [4.69, 9.17) is 0 Å². The fourth-order valence-corrected chi connectivity index (χ4v) is 4.01. The first-order chi connectivity index (χ1) is 14.2. The molecule has 0 radical (unpaired) electrons. The molecule has 0 rings (SSSR count). The summed E-state index contributed by atoms with van der Waals surface area (Å²) in [7, 11) is 5.63. The SMILES string of the molecule is CCCCCCCCCCCCCCCCCC(=O)C(C(=O)O)C(O)C[N+](C)(C)C. The molecule has 0 aliphatic rings. The second-order valence-corrected chi connectivity index (χ2v) is 10.0. The molecule has 0 aliphatic carbocycles. The molecule has 2 N–H and O–H groups in total. The van der Waals surface area contributed by atoms with E-state index in [0.717, 1.165) is 19.3 Å². The van der Waals surface area contributed by atoms with Crippen molar-refractivity contribution in [2.24, 2.45) is 5.92 Å². The highest BCUT2D eigenvalue weighted by atomic mass is 16.4. The number of ketones is 1. The Kier molecular flexibility index (Phi) is 17.2. The van der Waals surface area contributed by atoms with Crippen LogP contribution in [0.2, 0.25) is 0 Å². The molecule has 0 saturated carbocycles. The number of aliphatic hydroxyl groups is 1. The molecule has 178 valence electrons. The summed E-state index contributed by atoms with van der Waals surface area (Å²) in [6.07, 6.45) is 18.0. The molecule has 5 nitrogen and oxygen atoms in total. The Bertz CT molecular complexity index is 445. The average Bonchev–Trinajstić information content (AvgIpc) is 2.63. The van der Waals surface area contributed by atoms with Crippen molar-refractivity contribution < 1.29 is 24.3 Å². The second kappa shape index (κ2) is 17.7. The predicted molar refractivity (Wildman–Crippen MR) is 125 cm³/mol. The van der Waals surface area contributed by atoms with Crippen molar-refractivity contribution in [3.8, 4) is 0 Å². The van der Waals surface area contributed by atoms with Gasteiger partial charge in [-0.2, -0.15) is 0 Å². The van der Waals surface area contributed by atoms with Gasteiger partial charge in [-0.25, -0.2) is 0 Å². The summed E-state index contributed by atoms with van der Waals surface area (Å²) in [6.45, 7) is 2.51. The Morgan fingerprint density at radius 1 is 0.700 bits per heavy atom. The van der Waals surface area contributed by atoms with Crippen LogP contribution in [0.5, 0.6) is 0 Å². The number of aliphatic carboxylic acids is 1. The van der Waals surface area contributed by atoms with Gasteiger partial charge in [-0.15, -0.1) is 0 Å². The maximum atomic E-state index is 12.3. The van der Waals surface area contributed by atoms with Crippen molar-refractivity contribution in [3.05, 3.63) is 0 Å². The van der Waals surface area contributed by atoms with Gasteiger partial charge in [0.05, 0.1) is 21.1 Å². The van der Waals surface area contributed by atoms with Crippen LogP contribution in [-0.4, -0.2) is 60.2 Å². The summed E-state index contributed by atoms with van der Waals surface area (Å²) in [5, 5.41) is 19.5. The quantitative estimate of drug-likeness (QED) is 0.142. The predicted octanol–water partition coefficient (Wildman–Crippen LogP) is 5.58. The minimum atomic E-state index is -1.30. The fourth-order valence-electron chi connectivity index (χ4n) is 4.01. The zero-order valence-corrected chi connectivity index (χ0v) is 20.3. The summed E-state index contributed by atoms with van der Waals surface area (Å²) in [6, 6.07) is 0. The van der Waals surface area contributed by atoms with Crippen LogP contribution in [0.15, 0.2) is 0 Å². The molecule has 2 unspecified atom stereocenters. The lowest BCUT2D eigenvalue weighted by molar-refractivity contribution is -0.873. The van der Waals surface area contributed by atoms with Gasteiger partial charge in [0.25, 0.3) is 0 Å². The third-order valence-corrected chi connectivity index (χ3v) is 5.76. The van der Waals surface area contributed by atoms with E-state index >= 15 is 0 Å². The largest absolute Gasteiger partial charge is 0.481 e. The summed E-state index contributed by atoms with van der Waals surface area (Å²) in [4.78, 5) is 23.7. The van der Waals surface area contributed by atoms with E-state index in [1.165, 1.54) is 77.0 Å². The number of Topliss-reactive ketones (excluding diaryl/α,β-unsaturated/α-hetero) is 1. The molecule has 0 aliphatic heterocycles. The molecule has 0 saturated heterocycles. The monoisotopic (exact) mass is 428 g/mol. The summed E-state index contributed by atoms with van der Waals surface area (Å²) >= 11 is 0. The first-order valence-electron chi connectivity index (χ1n) is 12.4. The van der Waals surface area contributed by atoms with Gasteiger partial charge in [-0.3, -0.25) is 9.59 Å². The maximum Gasteiger partial charge on any atom is 0.316 e. The smallest absolute Gasteiger partial charge is 0.316 e. The second-order valence-electron chi connectivity index (χ2n) is 10.0. The molecule has 0 bridgehead atoms. The van der Waals surface area contributed by atoms with E-state index in [-0.39, 0.29) is 18.7 Å². The number of quaternary nitrogens is 1. The van der Waals surface area contributed by atoms with Crippen LogP contribution in [0.4, 0.5) is 0 Å². The molecule has 0 fully saturated rings. The number of carboxylic acids is 1. The molecule has 2 atom stereocenters. The summed E-state index contributed by atoms with van der Waals surface area (Å²) < 4.78 is 0.428. The first-order valence-corrected chi connectivity index (χ1v) is 12.4. The van der Waals surface area contributed by atoms with E-state index in [2.05, 4.69) is 6.92 Å². The number of rotatable bonds is 21. The van der Waals surface area contributed by atoms with Gasteiger partial charge in [0.15, 0.2) is 0 Å². The van der Waals surface area contributed by atoms with Gasteiger partial charge in [0.2, 0.25) is 0 Å². The van der Waals surface area contributed by atoms with Gasteiger partial charge in [0, 0.05) is 6.42 Å². The van der Waals surface area contributed by atoms with E-state index in [9.17, 15) is 19.8 Å². The minimum Gasteiger partial charge on any atom is -0.481 e. The fraction of sp³-hybridized carbons (Fsp3) is 0.920. The zero-order valence-electron chi connectivity index (χ0n) is 20.3. The van der Waals surface area contributed by atoms with E-state index in [1.807, 2.05) is 21.1 Å². The van der Waals surface area contributed by atoms with E-state index in [0.29, 0.717) is 4.48 Å². The maximum absolute atomic E-state index is 12.3. The normalized spacial score (nSPS) is 13.9. The van der Waals surface area contributed by atoms with E-state index in [1.54, 1.807) is 0 Å². The number of carbonyl (C=O) groups is 2. The number of unbranched alkanes of at least 4 members (excludes halogenated alkanes) is 14. The van der Waals surface area contributed by atoms with Crippen LogP contribution in [0.1, 0.15) is 110 Å². The van der Waals surface area contributed by atoms with Gasteiger partial charge >= 0.3 is 5.97 Å². The molecule has 0 aromatic rings. The Balaban J connectivity index is 3.68. The highest BCUT2D eigenvalue weighted by Crippen LogP contribution is 2.16. The number of hydrogen-bond acceptors (Lipinski definition) is 3. The number of carbonyl (C=O) groups excluding carboxylic acids is 1. The van der Waals surface area contributed by atoms with Crippen LogP contribution in [0, 0.1) is 5.92 Å². The minimum absolute atomic E-state index is 0.252. The molecule has 30 heavy (non-hydrogen) atoms. The highest BCUT2D eigenvalue weighted by molar-refractivity contribution is 5.98. The first kappa shape index (κ1) is 29.1. The van der Waals surface area contributed by atoms with Crippen molar-refractivity contribution in [3.63, 3.8) is 0 Å². The highest BCUT2D eigenvalue weighted by Gasteiger charge is 2.36. The van der Waals surface area contributed by atoms with Crippen LogP contribution in [0.25, 0.3) is 0 Å². The summed E-state index contributed by atoms with van der Waals surface area (Å²) in [5.41, 5.74) is 0. The van der Waals surface area contributed by atoms with Crippen LogP contribution in [0.3, 0.4) is 0 Å². The molecule has 0 heterocycles. The third kappa shape index (κ3) is 16.8. The number of hydrogen-bond donors (Lipinski definition) is 2. The van der Waals surface area contributed by atoms with Crippen LogP contribution >= 0.6 is 0 Å². The van der Waals surface area contributed by atoms with E-state index < -0.39 is 18.0 Å². The summed E-state index contributed by atoms with van der Waals surface area (Å²) in [5.74, 6) is -2.84. The lowest BCUT2D eigenvalue weighted by atomic mass is 9.93. The van der Waals surface area contributed by atoms with Crippen molar-refractivity contribution in [1.82, 2.24) is 0 Å². The number of aliphatic hydroxyl groups excluding tert-OH is 1. The molecule has 0 spiro atoms. The van der Waals surface area contributed by atoms with Crippen molar-refractivity contribution >= 4 is 11.8 Å². The van der Waals surface area contributed by atoms with Gasteiger partial charge < -0.3 is 14.7 Å². The van der Waals surface area contributed by atoms with Gasteiger partial charge in [-0.05, 0) is 6.42 Å².